The molecule has 0 amide bonds. The van der Waals surface area contributed by atoms with Gasteiger partial charge in [0, 0.05) is 11.9 Å². The molecule has 0 radical (unpaired) electrons. The van der Waals surface area contributed by atoms with Crippen LogP contribution in [0.15, 0.2) is 30.5 Å². The third-order valence-corrected chi connectivity index (χ3v) is 3.87. The highest BCUT2D eigenvalue weighted by atomic mass is 16.4. The van der Waals surface area contributed by atoms with Crippen LogP contribution in [0.4, 0.5) is 0 Å². The second-order valence-electron chi connectivity index (χ2n) is 5.27. The number of aromatic nitrogens is 2. The number of rotatable bonds is 7. The number of carbonyl (C=O) groups is 1. The lowest BCUT2D eigenvalue weighted by Crippen LogP contribution is -2.47. The topological polar surface area (TPSA) is 67.2 Å². The van der Waals surface area contributed by atoms with Crippen molar-refractivity contribution in [3.8, 4) is 0 Å². The van der Waals surface area contributed by atoms with E-state index in [2.05, 4.69) is 16.5 Å². The number of nitrogens with one attached hydrogen (secondary N) is 1. The molecule has 0 bridgehead atoms. The minimum Gasteiger partial charge on any atom is -0.480 e. The average Bonchev–Trinajstić information content (AvgIpc) is 2.86. The van der Waals surface area contributed by atoms with Crippen LogP contribution in [0.1, 0.15) is 26.2 Å². The van der Waals surface area contributed by atoms with Gasteiger partial charge in [0.15, 0.2) is 0 Å². The maximum absolute atomic E-state index is 11.2. The van der Waals surface area contributed by atoms with Crippen LogP contribution in [-0.4, -0.2) is 33.4 Å². The molecule has 1 atom stereocenters. The first-order chi connectivity index (χ1) is 9.57. The number of carboxylic acids is 1. The fraction of sp³-hybridized carbons (Fsp3) is 0.467. The lowest BCUT2D eigenvalue weighted by Gasteiger charge is -2.23. The van der Waals surface area contributed by atoms with Crippen LogP contribution in [0.25, 0.3) is 10.9 Å². The molecule has 0 aliphatic rings. The molecule has 5 heteroatoms. The van der Waals surface area contributed by atoms with E-state index in [4.69, 9.17) is 0 Å². The molecule has 20 heavy (non-hydrogen) atoms. The lowest BCUT2D eigenvalue weighted by molar-refractivity contribution is -0.144. The first-order valence-corrected chi connectivity index (χ1v) is 6.90. The van der Waals surface area contributed by atoms with E-state index in [0.717, 1.165) is 30.3 Å². The quantitative estimate of drug-likeness (QED) is 0.761. The van der Waals surface area contributed by atoms with Crippen molar-refractivity contribution in [2.45, 2.75) is 38.3 Å². The summed E-state index contributed by atoms with van der Waals surface area (Å²) in [6.07, 6.45) is 4.23. The molecule has 108 valence electrons. The molecule has 0 aliphatic carbocycles. The molecule has 0 saturated carbocycles. The minimum atomic E-state index is -0.841. The second kappa shape index (κ2) is 6.05. The number of likely N-dealkylation sites (N-methyl/N-ethyl adjacent to an activating group) is 1. The Morgan fingerprint density at radius 2 is 2.15 bits per heavy atom. The van der Waals surface area contributed by atoms with Crippen molar-refractivity contribution in [3.63, 3.8) is 0 Å². The number of aryl methyl sites for hydroxylation is 1. The Morgan fingerprint density at radius 1 is 1.40 bits per heavy atom. The third kappa shape index (κ3) is 2.99. The van der Waals surface area contributed by atoms with Crippen LogP contribution >= 0.6 is 0 Å². The summed E-state index contributed by atoms with van der Waals surface area (Å²) in [6, 6.07) is 8.10. The maximum atomic E-state index is 11.2. The molecule has 1 heterocycles. The van der Waals surface area contributed by atoms with Gasteiger partial charge in [-0.1, -0.05) is 18.2 Å². The Hall–Kier alpha value is -1.88. The third-order valence-electron chi connectivity index (χ3n) is 3.87. The van der Waals surface area contributed by atoms with Gasteiger partial charge < -0.3 is 10.4 Å². The van der Waals surface area contributed by atoms with E-state index < -0.39 is 11.5 Å². The van der Waals surface area contributed by atoms with Crippen LogP contribution in [0.3, 0.4) is 0 Å². The van der Waals surface area contributed by atoms with E-state index in [9.17, 15) is 9.90 Å². The van der Waals surface area contributed by atoms with E-state index in [-0.39, 0.29) is 0 Å². The molecule has 0 spiro atoms. The Labute approximate surface area is 118 Å². The van der Waals surface area contributed by atoms with Gasteiger partial charge in [0.2, 0.25) is 0 Å². The molecule has 2 rings (SSSR count). The van der Waals surface area contributed by atoms with Crippen LogP contribution in [0.5, 0.6) is 0 Å². The normalized spacial score (nSPS) is 14.3. The molecule has 5 nitrogen and oxygen atoms in total. The lowest BCUT2D eigenvalue weighted by atomic mass is 9.95. The molecule has 0 fully saturated rings. The number of hydrogen-bond acceptors (Lipinski definition) is 3. The summed E-state index contributed by atoms with van der Waals surface area (Å²) in [5.41, 5.74) is 0.286. The summed E-state index contributed by atoms with van der Waals surface area (Å²) >= 11 is 0. The van der Waals surface area contributed by atoms with E-state index in [1.807, 2.05) is 29.1 Å². The number of aliphatic carboxylic acids is 1. The SMILES string of the molecule is CNC(C)(CCCCn1ncc2ccccc21)C(=O)O. The Balaban J connectivity index is 1.89. The molecular formula is C15H21N3O2. The van der Waals surface area contributed by atoms with Gasteiger partial charge in [-0.25, -0.2) is 0 Å². The van der Waals surface area contributed by atoms with Crippen molar-refractivity contribution in [2.75, 3.05) is 7.05 Å². The first kappa shape index (κ1) is 14.5. The van der Waals surface area contributed by atoms with Gasteiger partial charge in [0.25, 0.3) is 0 Å². The van der Waals surface area contributed by atoms with Gasteiger partial charge in [-0.3, -0.25) is 9.48 Å². The Morgan fingerprint density at radius 3 is 2.85 bits per heavy atom. The fourth-order valence-electron chi connectivity index (χ4n) is 2.28. The average molecular weight is 275 g/mol. The number of nitrogens with zero attached hydrogens (tertiary/aromatic N) is 2. The smallest absolute Gasteiger partial charge is 0.323 e. The molecule has 0 aliphatic heterocycles. The summed E-state index contributed by atoms with van der Waals surface area (Å²) in [7, 11) is 1.69. The molecule has 2 N–H and O–H groups in total. The summed E-state index contributed by atoms with van der Waals surface area (Å²) in [4.78, 5) is 11.2. The van der Waals surface area contributed by atoms with Crippen LogP contribution in [0, 0.1) is 0 Å². The summed E-state index contributed by atoms with van der Waals surface area (Å²) in [5.74, 6) is -0.801. The van der Waals surface area contributed by atoms with Crippen LogP contribution < -0.4 is 5.32 Å². The number of carboxylic acid groups (broad SMARTS) is 1. The van der Waals surface area contributed by atoms with E-state index in [1.165, 1.54) is 0 Å². The largest absolute Gasteiger partial charge is 0.480 e. The van der Waals surface area contributed by atoms with Crippen molar-refractivity contribution in [1.82, 2.24) is 15.1 Å². The predicted octanol–water partition coefficient (Wildman–Crippen LogP) is 2.27. The molecule has 2 aromatic rings. The molecule has 0 saturated heterocycles. The highest BCUT2D eigenvalue weighted by Crippen LogP contribution is 2.16. The van der Waals surface area contributed by atoms with Crippen LogP contribution in [-0.2, 0) is 11.3 Å². The molecule has 1 aromatic heterocycles. The molecule has 1 aromatic carbocycles. The minimum absolute atomic E-state index is 0.609. The van der Waals surface area contributed by atoms with Gasteiger partial charge >= 0.3 is 5.97 Å². The highest BCUT2D eigenvalue weighted by Gasteiger charge is 2.30. The molecular weight excluding hydrogens is 254 g/mol. The van der Waals surface area contributed by atoms with Gasteiger partial charge in [-0.05, 0) is 39.3 Å². The zero-order valence-electron chi connectivity index (χ0n) is 12.0. The number of benzene rings is 1. The molecule has 1 unspecified atom stereocenters. The summed E-state index contributed by atoms with van der Waals surface area (Å²) < 4.78 is 1.98. The number of unbranched alkanes of at least 4 members (excludes halogenated alkanes) is 1. The second-order valence-corrected chi connectivity index (χ2v) is 5.27. The van der Waals surface area contributed by atoms with Crippen molar-refractivity contribution in [3.05, 3.63) is 30.5 Å². The summed E-state index contributed by atoms with van der Waals surface area (Å²) in [6.45, 7) is 2.53. The van der Waals surface area contributed by atoms with Gasteiger partial charge in [-0.15, -0.1) is 0 Å². The van der Waals surface area contributed by atoms with Crippen molar-refractivity contribution >= 4 is 16.9 Å². The van der Waals surface area contributed by atoms with Gasteiger partial charge in [0.05, 0.1) is 11.7 Å². The predicted molar refractivity (Wildman–Crippen MR) is 78.7 cm³/mol. The van der Waals surface area contributed by atoms with Gasteiger partial charge in [0.1, 0.15) is 5.54 Å². The van der Waals surface area contributed by atoms with E-state index >= 15 is 0 Å². The zero-order valence-corrected chi connectivity index (χ0v) is 12.0. The Bertz CT molecular complexity index is 594. The monoisotopic (exact) mass is 275 g/mol. The number of fused-ring (bicyclic) bond motifs is 1. The highest BCUT2D eigenvalue weighted by molar-refractivity contribution is 5.78. The van der Waals surface area contributed by atoms with Gasteiger partial charge in [-0.2, -0.15) is 5.10 Å². The standard InChI is InChI=1S/C15H21N3O2/c1-15(16-2,14(19)20)9-5-6-10-18-13-8-4-3-7-12(13)11-17-18/h3-4,7-8,11,16H,5-6,9-10H2,1-2H3,(H,19,20). The fourth-order valence-corrected chi connectivity index (χ4v) is 2.28. The first-order valence-electron chi connectivity index (χ1n) is 6.90. The number of para-hydroxylation sites is 1. The maximum Gasteiger partial charge on any atom is 0.323 e. The van der Waals surface area contributed by atoms with Crippen LogP contribution in [0.2, 0.25) is 0 Å². The Kier molecular flexibility index (Phi) is 4.39. The zero-order chi connectivity index (χ0) is 14.6. The van der Waals surface area contributed by atoms with Crippen molar-refractivity contribution < 1.29 is 9.90 Å². The van der Waals surface area contributed by atoms with E-state index in [0.29, 0.717) is 6.42 Å². The number of hydrogen-bond donors (Lipinski definition) is 2. The summed E-state index contributed by atoms with van der Waals surface area (Å²) in [5, 5.41) is 17.6. The van der Waals surface area contributed by atoms with E-state index in [1.54, 1.807) is 14.0 Å². The van der Waals surface area contributed by atoms with Crippen molar-refractivity contribution in [1.29, 1.82) is 0 Å². The van der Waals surface area contributed by atoms with Crippen molar-refractivity contribution in [2.24, 2.45) is 0 Å².